The lowest BCUT2D eigenvalue weighted by molar-refractivity contribution is 1.31. The molecule has 0 aliphatic carbocycles. The lowest BCUT2D eigenvalue weighted by Gasteiger charge is -2.36. The van der Waals surface area contributed by atoms with E-state index in [2.05, 4.69) is 81.8 Å². The van der Waals surface area contributed by atoms with Gasteiger partial charge < -0.3 is 0 Å². The largest absolute Gasteiger partial charge is 0.0861 e. The standard InChI is InChI=1S/C15H26Si2/c1-16(2,3)15(17(4,5)6)13-12-14-10-8-7-9-11-14/h7-13,15H,1-6H3/b13-12+. The quantitative estimate of drug-likeness (QED) is 0.647. The van der Waals surface area contributed by atoms with Crippen molar-refractivity contribution in [1.82, 2.24) is 0 Å². The van der Waals surface area contributed by atoms with E-state index in [1.807, 2.05) is 0 Å². The fourth-order valence-corrected chi connectivity index (χ4v) is 14.4. The van der Waals surface area contributed by atoms with E-state index in [1.54, 1.807) is 0 Å². The highest BCUT2D eigenvalue weighted by molar-refractivity contribution is 6.97. The molecule has 2 heteroatoms. The number of hydrogen-bond acceptors (Lipinski definition) is 0. The molecular weight excluding hydrogens is 236 g/mol. The molecule has 1 rings (SSSR count). The molecule has 0 N–H and O–H groups in total. The van der Waals surface area contributed by atoms with E-state index in [4.69, 9.17) is 0 Å². The molecule has 0 aromatic heterocycles. The van der Waals surface area contributed by atoms with Gasteiger partial charge in [-0.25, -0.2) is 0 Å². The summed E-state index contributed by atoms with van der Waals surface area (Å²) in [6.07, 6.45) is 4.81. The topological polar surface area (TPSA) is 0 Å². The smallest absolute Gasteiger partial charge is 0.0485 e. The monoisotopic (exact) mass is 262 g/mol. The molecule has 0 heterocycles. The molecule has 0 aliphatic heterocycles. The maximum atomic E-state index is 2.49. The molecule has 0 bridgehead atoms. The Balaban J connectivity index is 2.92. The molecule has 0 unspecified atom stereocenters. The third-order valence-corrected chi connectivity index (χ3v) is 12.5. The van der Waals surface area contributed by atoms with Gasteiger partial charge in [0.2, 0.25) is 0 Å². The highest BCUT2D eigenvalue weighted by Crippen LogP contribution is 2.33. The minimum absolute atomic E-state index is 0.843. The zero-order valence-electron chi connectivity index (χ0n) is 12.1. The molecule has 17 heavy (non-hydrogen) atoms. The second kappa shape index (κ2) is 5.36. The van der Waals surface area contributed by atoms with E-state index in [1.165, 1.54) is 5.56 Å². The molecule has 0 fully saturated rings. The maximum absolute atomic E-state index is 2.49. The summed E-state index contributed by atoms with van der Waals surface area (Å²) in [7, 11) is -2.20. The van der Waals surface area contributed by atoms with Crippen LogP contribution in [0.1, 0.15) is 5.56 Å². The van der Waals surface area contributed by atoms with Crippen LogP contribution in [0.5, 0.6) is 0 Å². The van der Waals surface area contributed by atoms with Crippen molar-refractivity contribution in [1.29, 1.82) is 0 Å². The Morgan fingerprint density at radius 3 is 1.71 bits per heavy atom. The van der Waals surface area contributed by atoms with Crippen LogP contribution >= 0.6 is 0 Å². The van der Waals surface area contributed by atoms with E-state index in [9.17, 15) is 0 Å². The van der Waals surface area contributed by atoms with Crippen molar-refractivity contribution in [2.24, 2.45) is 0 Å². The first-order valence-electron chi connectivity index (χ1n) is 6.44. The highest BCUT2D eigenvalue weighted by Gasteiger charge is 2.35. The molecule has 0 spiro atoms. The Kier molecular flexibility index (Phi) is 4.56. The van der Waals surface area contributed by atoms with Gasteiger partial charge in [-0.15, -0.1) is 0 Å². The van der Waals surface area contributed by atoms with Crippen molar-refractivity contribution in [3.8, 4) is 0 Å². The first kappa shape index (κ1) is 14.5. The van der Waals surface area contributed by atoms with Crippen LogP contribution in [0.3, 0.4) is 0 Å². The predicted molar refractivity (Wildman–Crippen MR) is 85.9 cm³/mol. The average molecular weight is 263 g/mol. The Morgan fingerprint density at radius 1 is 0.824 bits per heavy atom. The predicted octanol–water partition coefficient (Wildman–Crippen LogP) is 5.29. The van der Waals surface area contributed by atoms with Gasteiger partial charge in [-0.1, -0.05) is 81.8 Å². The third-order valence-electron chi connectivity index (χ3n) is 3.15. The van der Waals surface area contributed by atoms with Gasteiger partial charge >= 0.3 is 0 Å². The second-order valence-electron chi connectivity index (χ2n) is 6.98. The van der Waals surface area contributed by atoms with Crippen molar-refractivity contribution in [2.45, 2.75) is 44.4 Å². The number of hydrogen-bond donors (Lipinski definition) is 0. The molecule has 0 radical (unpaired) electrons. The summed E-state index contributed by atoms with van der Waals surface area (Å²) in [5.74, 6) is 0. The first-order chi connectivity index (χ1) is 7.71. The SMILES string of the molecule is C[Si](C)(C)C(/C=C/c1ccccc1)[Si](C)(C)C. The van der Waals surface area contributed by atoms with Crippen molar-refractivity contribution < 1.29 is 0 Å². The van der Waals surface area contributed by atoms with Crippen LogP contribution in [0, 0.1) is 0 Å². The van der Waals surface area contributed by atoms with Gasteiger partial charge in [-0.2, -0.15) is 0 Å². The molecule has 0 atom stereocenters. The van der Waals surface area contributed by atoms with Gasteiger partial charge in [0.25, 0.3) is 0 Å². The molecule has 0 saturated heterocycles. The summed E-state index contributed by atoms with van der Waals surface area (Å²) in [6, 6.07) is 10.7. The summed E-state index contributed by atoms with van der Waals surface area (Å²) in [4.78, 5) is 0. The average Bonchev–Trinajstić information content (AvgIpc) is 2.15. The van der Waals surface area contributed by atoms with E-state index in [0.717, 1.165) is 5.16 Å². The summed E-state index contributed by atoms with van der Waals surface area (Å²) in [5, 5.41) is 0.843. The normalized spacial score (nSPS) is 13.6. The maximum Gasteiger partial charge on any atom is 0.0485 e. The Morgan fingerprint density at radius 2 is 1.29 bits per heavy atom. The fourth-order valence-electron chi connectivity index (χ4n) is 2.65. The third kappa shape index (κ3) is 4.64. The first-order valence-corrected chi connectivity index (χ1v) is 13.6. The van der Waals surface area contributed by atoms with Gasteiger partial charge in [0, 0.05) is 16.1 Å². The van der Waals surface area contributed by atoms with Crippen LogP contribution < -0.4 is 0 Å². The number of allylic oxidation sites excluding steroid dienone is 1. The molecular formula is C15H26Si2. The highest BCUT2D eigenvalue weighted by atomic mass is 28.4. The minimum atomic E-state index is -1.10. The lowest BCUT2D eigenvalue weighted by atomic mass is 10.2. The summed E-state index contributed by atoms with van der Waals surface area (Å²) < 4.78 is 0. The summed E-state index contributed by atoms with van der Waals surface area (Å²) in [6.45, 7) is 14.9. The molecule has 0 nitrogen and oxygen atoms in total. The van der Waals surface area contributed by atoms with Crippen LogP contribution in [0.15, 0.2) is 36.4 Å². The molecule has 1 aromatic carbocycles. The van der Waals surface area contributed by atoms with Crippen LogP contribution in [-0.2, 0) is 0 Å². The van der Waals surface area contributed by atoms with E-state index >= 15 is 0 Å². The van der Waals surface area contributed by atoms with E-state index < -0.39 is 16.1 Å². The van der Waals surface area contributed by atoms with Crippen molar-refractivity contribution in [3.05, 3.63) is 42.0 Å². The number of rotatable bonds is 4. The minimum Gasteiger partial charge on any atom is -0.0861 e. The van der Waals surface area contributed by atoms with E-state index in [-0.39, 0.29) is 0 Å². The van der Waals surface area contributed by atoms with Gasteiger partial charge in [-0.05, 0) is 10.7 Å². The second-order valence-corrected chi connectivity index (χ2v) is 18.3. The lowest BCUT2D eigenvalue weighted by Crippen LogP contribution is -2.42. The Labute approximate surface area is 109 Å². The van der Waals surface area contributed by atoms with E-state index in [0.29, 0.717) is 0 Å². The molecule has 0 saturated carbocycles. The molecule has 0 amide bonds. The Hall–Kier alpha value is -0.606. The molecule has 0 aliphatic rings. The fraction of sp³-hybridized carbons (Fsp3) is 0.467. The van der Waals surface area contributed by atoms with Gasteiger partial charge in [0.15, 0.2) is 0 Å². The zero-order valence-corrected chi connectivity index (χ0v) is 14.1. The van der Waals surface area contributed by atoms with Gasteiger partial charge in [-0.3, -0.25) is 0 Å². The van der Waals surface area contributed by atoms with Crippen LogP contribution in [-0.4, -0.2) is 16.1 Å². The molecule has 1 aromatic rings. The van der Waals surface area contributed by atoms with Crippen LogP contribution in [0.25, 0.3) is 6.08 Å². The van der Waals surface area contributed by atoms with Crippen molar-refractivity contribution in [2.75, 3.05) is 0 Å². The summed E-state index contributed by atoms with van der Waals surface area (Å²) >= 11 is 0. The van der Waals surface area contributed by atoms with Crippen molar-refractivity contribution in [3.63, 3.8) is 0 Å². The zero-order chi connectivity index (χ0) is 13.1. The summed E-state index contributed by atoms with van der Waals surface area (Å²) in [5.41, 5.74) is 1.33. The van der Waals surface area contributed by atoms with Crippen LogP contribution in [0.2, 0.25) is 44.4 Å². The molecule has 94 valence electrons. The Bertz CT molecular complexity index is 352. The van der Waals surface area contributed by atoms with Gasteiger partial charge in [0.1, 0.15) is 0 Å². The van der Waals surface area contributed by atoms with Gasteiger partial charge in [0.05, 0.1) is 0 Å². The number of benzene rings is 1. The van der Waals surface area contributed by atoms with Crippen LogP contribution in [0.4, 0.5) is 0 Å². The van der Waals surface area contributed by atoms with Crippen molar-refractivity contribution >= 4 is 22.2 Å².